The Kier molecular flexibility index (Phi) is 14.0. The number of hydrogen-bond donors (Lipinski definition) is 5. The van der Waals surface area contributed by atoms with Gasteiger partial charge in [-0.1, -0.05) is 51.2 Å². The lowest BCUT2D eigenvalue weighted by Crippen LogP contribution is -2.61. The van der Waals surface area contributed by atoms with Gasteiger partial charge in [-0.25, -0.2) is 0 Å². The fourth-order valence-corrected chi connectivity index (χ4v) is 2.83. The summed E-state index contributed by atoms with van der Waals surface area (Å²) in [7, 11) is 0. The Bertz CT molecular complexity index is 478. The van der Waals surface area contributed by atoms with Crippen molar-refractivity contribution in [3.05, 3.63) is 12.2 Å². The van der Waals surface area contributed by atoms with E-state index < -0.39 is 29.8 Å². The number of carboxylic acids is 1. The monoisotopic (exact) mass is 401 g/mol. The van der Waals surface area contributed by atoms with Crippen LogP contribution in [0.25, 0.3) is 0 Å². The molecule has 0 aromatic rings. The molecule has 0 fully saturated rings. The minimum absolute atomic E-state index is 0.347. The lowest BCUT2D eigenvalue weighted by atomic mass is 9.89. The summed E-state index contributed by atoms with van der Waals surface area (Å²) in [4.78, 5) is 22.7. The van der Waals surface area contributed by atoms with E-state index in [1.165, 1.54) is 18.9 Å². The third-order valence-corrected chi connectivity index (χ3v) is 4.97. The fraction of sp³-hybridized carbons (Fsp3) is 0.810. The van der Waals surface area contributed by atoms with Gasteiger partial charge in [0.05, 0.1) is 0 Å². The number of unbranched alkanes of at least 4 members (excludes halogenated alkanes) is 7. The lowest BCUT2D eigenvalue weighted by molar-refractivity contribution is -0.153. The Morgan fingerprint density at radius 3 is 2.04 bits per heavy atom. The van der Waals surface area contributed by atoms with Crippen LogP contribution in [0.4, 0.5) is 0 Å². The van der Waals surface area contributed by atoms with Crippen LogP contribution in [-0.4, -0.2) is 56.0 Å². The number of aliphatic hydroxyl groups is 3. The molecule has 0 radical (unpaired) electrons. The minimum atomic E-state index is -2.05. The largest absolute Gasteiger partial charge is 0.480 e. The number of ketones is 1. The van der Waals surface area contributed by atoms with Crippen molar-refractivity contribution in [2.75, 3.05) is 0 Å². The van der Waals surface area contributed by atoms with E-state index in [9.17, 15) is 24.9 Å². The topological polar surface area (TPSA) is 141 Å². The van der Waals surface area contributed by atoms with Crippen LogP contribution in [0.5, 0.6) is 0 Å². The van der Waals surface area contributed by atoms with Gasteiger partial charge in [0, 0.05) is 12.8 Å². The predicted molar refractivity (Wildman–Crippen MR) is 109 cm³/mol. The highest BCUT2D eigenvalue weighted by Gasteiger charge is 2.42. The van der Waals surface area contributed by atoms with E-state index in [0.717, 1.165) is 45.4 Å². The first-order chi connectivity index (χ1) is 13.1. The highest BCUT2D eigenvalue weighted by atomic mass is 16.4. The second-order valence-corrected chi connectivity index (χ2v) is 7.74. The molecule has 0 bridgehead atoms. The number of rotatable bonds is 17. The number of nitrogens with two attached hydrogens (primary N) is 1. The van der Waals surface area contributed by atoms with Crippen LogP contribution < -0.4 is 5.73 Å². The van der Waals surface area contributed by atoms with E-state index in [2.05, 4.69) is 6.92 Å². The van der Waals surface area contributed by atoms with Crippen LogP contribution in [0.3, 0.4) is 0 Å². The maximum absolute atomic E-state index is 11.7. The number of hydrogen-bond acceptors (Lipinski definition) is 6. The van der Waals surface area contributed by atoms with E-state index in [1.54, 1.807) is 6.08 Å². The van der Waals surface area contributed by atoms with Crippen LogP contribution in [0, 0.1) is 0 Å². The van der Waals surface area contributed by atoms with Crippen molar-refractivity contribution in [3.8, 4) is 0 Å². The van der Waals surface area contributed by atoms with Crippen molar-refractivity contribution in [2.24, 2.45) is 5.73 Å². The molecule has 0 aliphatic heterocycles. The van der Waals surface area contributed by atoms with Crippen molar-refractivity contribution in [1.29, 1.82) is 0 Å². The highest BCUT2D eigenvalue weighted by molar-refractivity contribution is 5.79. The molecule has 0 aromatic carbocycles. The second-order valence-electron chi connectivity index (χ2n) is 7.74. The summed E-state index contributed by atoms with van der Waals surface area (Å²) in [5.74, 6) is -1.12. The van der Waals surface area contributed by atoms with Gasteiger partial charge in [0.1, 0.15) is 29.6 Å². The van der Waals surface area contributed by atoms with Crippen molar-refractivity contribution in [3.63, 3.8) is 0 Å². The predicted octanol–water partition coefficient (Wildman–Crippen LogP) is 2.31. The van der Waals surface area contributed by atoms with Gasteiger partial charge in [0.15, 0.2) is 0 Å². The summed E-state index contributed by atoms with van der Waals surface area (Å²) in [6.45, 7) is 3.23. The van der Waals surface area contributed by atoms with Crippen molar-refractivity contribution in [2.45, 2.75) is 108 Å². The number of allylic oxidation sites excluding steroid dienone is 1. The molecule has 7 heteroatoms. The van der Waals surface area contributed by atoms with Crippen LogP contribution in [0.15, 0.2) is 12.2 Å². The molecule has 0 heterocycles. The first-order valence-electron chi connectivity index (χ1n) is 10.4. The van der Waals surface area contributed by atoms with Crippen molar-refractivity contribution in [1.82, 2.24) is 0 Å². The summed E-state index contributed by atoms with van der Waals surface area (Å²) in [5, 5.41) is 38.5. The Hall–Kier alpha value is -1.28. The Labute approximate surface area is 168 Å². The van der Waals surface area contributed by atoms with Gasteiger partial charge in [-0.15, -0.1) is 0 Å². The summed E-state index contributed by atoms with van der Waals surface area (Å²) in [5.41, 5.74) is 3.40. The zero-order valence-corrected chi connectivity index (χ0v) is 17.3. The molecule has 28 heavy (non-hydrogen) atoms. The van der Waals surface area contributed by atoms with Gasteiger partial charge in [0.2, 0.25) is 0 Å². The Morgan fingerprint density at radius 2 is 1.50 bits per heavy atom. The molecule has 0 aromatic heterocycles. The smallest absolute Gasteiger partial charge is 0.326 e. The van der Waals surface area contributed by atoms with Gasteiger partial charge < -0.3 is 26.2 Å². The molecule has 0 saturated heterocycles. The zero-order chi connectivity index (χ0) is 21.6. The highest BCUT2D eigenvalue weighted by Crippen LogP contribution is 2.15. The SMILES string of the molecule is CCCCCCC(=O)CCCCCC/C=C/C(O)C(O)C(O)C(C)(N)C(=O)O. The third kappa shape index (κ3) is 10.9. The molecule has 0 aliphatic carbocycles. The molecular weight excluding hydrogens is 362 g/mol. The van der Waals surface area contributed by atoms with Crippen LogP contribution >= 0.6 is 0 Å². The Morgan fingerprint density at radius 1 is 0.964 bits per heavy atom. The zero-order valence-electron chi connectivity index (χ0n) is 17.3. The average molecular weight is 402 g/mol. The minimum Gasteiger partial charge on any atom is -0.480 e. The first-order valence-corrected chi connectivity index (χ1v) is 10.4. The molecule has 0 spiro atoms. The van der Waals surface area contributed by atoms with Crippen molar-refractivity contribution >= 4 is 11.8 Å². The standard InChI is InChI=1S/C21H39NO6/c1-3-4-5-10-13-16(23)14-11-8-6-7-9-12-15-17(24)18(25)19(26)21(2,22)20(27)28/h12,15,17-19,24-26H,3-11,13-14,22H2,1-2H3,(H,27,28)/b15-12+. The molecule has 0 aliphatic rings. The van der Waals surface area contributed by atoms with Gasteiger partial charge in [-0.3, -0.25) is 9.59 Å². The number of carbonyl (C=O) groups excluding carboxylic acids is 1. The van der Waals surface area contributed by atoms with E-state index >= 15 is 0 Å². The van der Waals surface area contributed by atoms with Crippen LogP contribution in [0.1, 0.15) is 84.5 Å². The fourth-order valence-electron chi connectivity index (χ4n) is 2.83. The molecule has 4 unspecified atom stereocenters. The van der Waals surface area contributed by atoms with Gasteiger partial charge in [0.25, 0.3) is 0 Å². The van der Waals surface area contributed by atoms with Gasteiger partial charge in [-0.2, -0.15) is 0 Å². The van der Waals surface area contributed by atoms with Crippen LogP contribution in [0.2, 0.25) is 0 Å². The molecular formula is C21H39NO6. The van der Waals surface area contributed by atoms with Crippen molar-refractivity contribution < 1.29 is 30.0 Å². The normalized spacial score (nSPS) is 17.2. The molecule has 6 N–H and O–H groups in total. The van der Waals surface area contributed by atoms with Gasteiger partial charge >= 0.3 is 5.97 Å². The van der Waals surface area contributed by atoms with Gasteiger partial charge in [-0.05, 0) is 32.6 Å². The molecule has 0 saturated carbocycles. The summed E-state index contributed by atoms with van der Waals surface area (Å²) < 4.78 is 0. The molecule has 7 nitrogen and oxygen atoms in total. The molecule has 0 rings (SSSR count). The quantitative estimate of drug-likeness (QED) is 0.186. The van der Waals surface area contributed by atoms with Crippen LogP contribution in [-0.2, 0) is 9.59 Å². The van der Waals surface area contributed by atoms with E-state index in [4.69, 9.17) is 10.8 Å². The summed E-state index contributed by atoms with van der Waals surface area (Å²) in [6.07, 6.45) is 8.38. The van der Waals surface area contributed by atoms with E-state index in [1.807, 2.05) is 0 Å². The summed E-state index contributed by atoms with van der Waals surface area (Å²) in [6, 6.07) is 0. The summed E-state index contributed by atoms with van der Waals surface area (Å²) >= 11 is 0. The molecule has 164 valence electrons. The maximum Gasteiger partial charge on any atom is 0.326 e. The maximum atomic E-state index is 11.7. The molecule has 4 atom stereocenters. The number of Topliss-reactive ketones (excluding diaryl/α,β-unsaturated/α-hetero) is 1. The number of carbonyl (C=O) groups is 2. The number of aliphatic carboxylic acids is 1. The van der Waals surface area contributed by atoms with E-state index in [-0.39, 0.29) is 0 Å². The molecule has 0 amide bonds. The number of carboxylic acid groups (broad SMARTS) is 1. The Balaban J connectivity index is 3.89. The van der Waals surface area contributed by atoms with E-state index in [0.29, 0.717) is 25.0 Å². The second kappa shape index (κ2) is 14.7. The average Bonchev–Trinajstić information content (AvgIpc) is 2.65. The lowest BCUT2D eigenvalue weighted by Gasteiger charge is -2.31. The first kappa shape index (κ1) is 26.7. The third-order valence-electron chi connectivity index (χ3n) is 4.97. The number of aliphatic hydroxyl groups excluding tert-OH is 3.